The minimum absolute atomic E-state index is 0.0570. The number of aromatic nitrogens is 1. The molecule has 0 aliphatic rings. The molecule has 0 aliphatic carbocycles. The van der Waals surface area contributed by atoms with Crippen molar-refractivity contribution in [3.05, 3.63) is 16.1 Å². The summed E-state index contributed by atoms with van der Waals surface area (Å²) >= 11 is 1.43. The average Bonchev–Trinajstić information content (AvgIpc) is 2.74. The molecule has 0 bridgehead atoms. The molecule has 6 heteroatoms. The van der Waals surface area contributed by atoms with Gasteiger partial charge in [-0.3, -0.25) is 4.79 Å². The molecule has 0 aromatic carbocycles. The summed E-state index contributed by atoms with van der Waals surface area (Å²) in [6.07, 6.45) is 0. The van der Waals surface area contributed by atoms with Gasteiger partial charge < -0.3 is 16.0 Å². The van der Waals surface area contributed by atoms with E-state index in [1.807, 2.05) is 14.0 Å². The standard InChI is InChI=1S/C10H18N4OS/c1-7(11)9-13-8(6-16-9)10(15)14(3)5-4-12-2/h6-7,12H,4-5,11H2,1-3H3. The molecule has 1 aromatic heterocycles. The molecule has 1 atom stereocenters. The van der Waals surface area contributed by atoms with E-state index in [1.54, 1.807) is 17.3 Å². The highest BCUT2D eigenvalue weighted by atomic mass is 32.1. The number of hydrogen-bond acceptors (Lipinski definition) is 5. The summed E-state index contributed by atoms with van der Waals surface area (Å²) in [7, 11) is 3.62. The van der Waals surface area contributed by atoms with E-state index in [-0.39, 0.29) is 11.9 Å². The molecule has 3 N–H and O–H groups in total. The number of nitrogens with one attached hydrogen (secondary N) is 1. The van der Waals surface area contributed by atoms with Crippen LogP contribution in [0.5, 0.6) is 0 Å². The molecule has 1 amide bonds. The van der Waals surface area contributed by atoms with E-state index in [0.29, 0.717) is 12.2 Å². The maximum absolute atomic E-state index is 11.9. The summed E-state index contributed by atoms with van der Waals surface area (Å²) < 4.78 is 0. The fraction of sp³-hybridized carbons (Fsp3) is 0.600. The molecule has 16 heavy (non-hydrogen) atoms. The topological polar surface area (TPSA) is 71.2 Å². The lowest BCUT2D eigenvalue weighted by Crippen LogP contribution is -2.33. The van der Waals surface area contributed by atoms with Crippen LogP contribution < -0.4 is 11.1 Å². The molecule has 90 valence electrons. The van der Waals surface area contributed by atoms with Crippen molar-refractivity contribution < 1.29 is 4.79 Å². The molecular weight excluding hydrogens is 224 g/mol. The van der Waals surface area contributed by atoms with E-state index in [1.165, 1.54) is 11.3 Å². The Morgan fingerprint density at radius 2 is 2.44 bits per heavy atom. The third-order valence-corrected chi connectivity index (χ3v) is 3.22. The number of rotatable bonds is 5. The molecule has 5 nitrogen and oxygen atoms in total. The molecule has 0 fully saturated rings. The van der Waals surface area contributed by atoms with E-state index in [9.17, 15) is 4.79 Å². The van der Waals surface area contributed by atoms with Gasteiger partial charge in [0.15, 0.2) is 0 Å². The molecule has 0 radical (unpaired) electrons. The van der Waals surface area contributed by atoms with Gasteiger partial charge in [0.2, 0.25) is 0 Å². The Labute approximate surface area is 99.7 Å². The molecule has 1 aromatic rings. The highest BCUT2D eigenvalue weighted by Crippen LogP contribution is 2.16. The second kappa shape index (κ2) is 5.93. The minimum atomic E-state index is -0.117. The fourth-order valence-corrected chi connectivity index (χ4v) is 1.92. The molecular formula is C10H18N4OS. The Hall–Kier alpha value is -0.980. The van der Waals surface area contributed by atoms with Crippen LogP contribution in [-0.2, 0) is 0 Å². The first-order valence-electron chi connectivity index (χ1n) is 5.17. The van der Waals surface area contributed by atoms with Crippen molar-refractivity contribution in [2.24, 2.45) is 5.73 Å². The summed E-state index contributed by atoms with van der Waals surface area (Å²) in [6, 6.07) is -0.117. The van der Waals surface area contributed by atoms with Gasteiger partial charge in [-0.15, -0.1) is 11.3 Å². The van der Waals surface area contributed by atoms with E-state index in [0.717, 1.165) is 11.6 Å². The SMILES string of the molecule is CNCCN(C)C(=O)c1csc(C(C)N)n1. The van der Waals surface area contributed by atoms with Crippen molar-refractivity contribution >= 4 is 17.2 Å². The number of carbonyl (C=O) groups is 1. The molecule has 0 aliphatic heterocycles. The zero-order valence-electron chi connectivity index (χ0n) is 9.86. The quantitative estimate of drug-likeness (QED) is 0.786. The van der Waals surface area contributed by atoms with Gasteiger partial charge in [-0.2, -0.15) is 0 Å². The van der Waals surface area contributed by atoms with Crippen molar-refractivity contribution in [2.45, 2.75) is 13.0 Å². The third kappa shape index (κ3) is 3.26. The Balaban J connectivity index is 2.65. The van der Waals surface area contributed by atoms with Gasteiger partial charge in [-0.25, -0.2) is 4.98 Å². The third-order valence-electron chi connectivity index (χ3n) is 2.17. The van der Waals surface area contributed by atoms with Gasteiger partial charge in [0, 0.05) is 25.5 Å². The first-order valence-corrected chi connectivity index (χ1v) is 6.05. The highest BCUT2D eigenvalue weighted by molar-refractivity contribution is 7.09. The smallest absolute Gasteiger partial charge is 0.273 e. The molecule has 1 rings (SSSR count). The second-order valence-electron chi connectivity index (χ2n) is 3.69. The van der Waals surface area contributed by atoms with Crippen LogP contribution >= 0.6 is 11.3 Å². The zero-order valence-corrected chi connectivity index (χ0v) is 10.7. The fourth-order valence-electron chi connectivity index (χ4n) is 1.17. The van der Waals surface area contributed by atoms with Crippen molar-refractivity contribution in [3.8, 4) is 0 Å². The maximum atomic E-state index is 11.9. The van der Waals surface area contributed by atoms with Crippen LogP contribution in [0.4, 0.5) is 0 Å². The van der Waals surface area contributed by atoms with E-state index >= 15 is 0 Å². The number of thiazole rings is 1. The van der Waals surface area contributed by atoms with Crippen LogP contribution in [0.3, 0.4) is 0 Å². The number of likely N-dealkylation sites (N-methyl/N-ethyl adjacent to an activating group) is 2. The average molecular weight is 242 g/mol. The monoisotopic (exact) mass is 242 g/mol. The Morgan fingerprint density at radius 3 is 2.94 bits per heavy atom. The van der Waals surface area contributed by atoms with Crippen LogP contribution in [0.25, 0.3) is 0 Å². The lowest BCUT2D eigenvalue weighted by molar-refractivity contribution is 0.0791. The molecule has 0 saturated heterocycles. The molecule has 1 heterocycles. The number of hydrogen-bond donors (Lipinski definition) is 2. The summed E-state index contributed by atoms with van der Waals surface area (Å²) in [6.45, 7) is 3.30. The van der Waals surface area contributed by atoms with E-state index in [4.69, 9.17) is 5.73 Å². The Kier molecular flexibility index (Phi) is 4.85. The first-order chi connectivity index (χ1) is 7.56. The highest BCUT2D eigenvalue weighted by Gasteiger charge is 2.15. The normalized spacial score (nSPS) is 12.5. The Morgan fingerprint density at radius 1 is 1.75 bits per heavy atom. The van der Waals surface area contributed by atoms with E-state index in [2.05, 4.69) is 10.3 Å². The zero-order chi connectivity index (χ0) is 12.1. The maximum Gasteiger partial charge on any atom is 0.273 e. The Bertz CT molecular complexity index is 350. The molecule has 1 unspecified atom stereocenters. The second-order valence-corrected chi connectivity index (χ2v) is 4.58. The van der Waals surface area contributed by atoms with Gasteiger partial charge in [0.1, 0.15) is 10.7 Å². The van der Waals surface area contributed by atoms with Crippen molar-refractivity contribution in [1.82, 2.24) is 15.2 Å². The predicted molar refractivity (Wildman–Crippen MR) is 65.6 cm³/mol. The summed E-state index contributed by atoms with van der Waals surface area (Å²) in [5.41, 5.74) is 6.18. The van der Waals surface area contributed by atoms with Gasteiger partial charge in [-0.1, -0.05) is 0 Å². The van der Waals surface area contributed by atoms with Crippen molar-refractivity contribution in [1.29, 1.82) is 0 Å². The number of nitrogens with two attached hydrogens (primary N) is 1. The molecule has 0 saturated carbocycles. The summed E-state index contributed by atoms with van der Waals surface area (Å²) in [5.74, 6) is -0.0570. The number of carbonyl (C=O) groups excluding carboxylic acids is 1. The van der Waals surface area contributed by atoms with E-state index < -0.39 is 0 Å². The van der Waals surface area contributed by atoms with Crippen LogP contribution in [-0.4, -0.2) is 43.0 Å². The van der Waals surface area contributed by atoms with Crippen molar-refractivity contribution in [3.63, 3.8) is 0 Å². The lowest BCUT2D eigenvalue weighted by Gasteiger charge is -2.15. The number of amides is 1. The lowest BCUT2D eigenvalue weighted by atomic mass is 10.3. The first kappa shape index (κ1) is 13.1. The van der Waals surface area contributed by atoms with Gasteiger partial charge in [0.25, 0.3) is 5.91 Å². The predicted octanol–water partition coefficient (Wildman–Crippen LogP) is 0.454. The molecule has 0 spiro atoms. The van der Waals surface area contributed by atoms with Gasteiger partial charge in [0.05, 0.1) is 6.04 Å². The summed E-state index contributed by atoms with van der Waals surface area (Å²) in [4.78, 5) is 17.8. The largest absolute Gasteiger partial charge is 0.339 e. The van der Waals surface area contributed by atoms with Crippen LogP contribution in [0, 0.1) is 0 Å². The van der Waals surface area contributed by atoms with Crippen LogP contribution in [0.2, 0.25) is 0 Å². The minimum Gasteiger partial charge on any atom is -0.339 e. The van der Waals surface area contributed by atoms with Crippen LogP contribution in [0.1, 0.15) is 28.5 Å². The van der Waals surface area contributed by atoms with Crippen molar-refractivity contribution in [2.75, 3.05) is 27.2 Å². The van der Waals surface area contributed by atoms with Gasteiger partial charge >= 0.3 is 0 Å². The van der Waals surface area contributed by atoms with Crippen LogP contribution in [0.15, 0.2) is 5.38 Å². The van der Waals surface area contributed by atoms with Gasteiger partial charge in [-0.05, 0) is 14.0 Å². The number of nitrogens with zero attached hydrogens (tertiary/aromatic N) is 2. The summed E-state index contributed by atoms with van der Waals surface area (Å²) in [5, 5.41) is 5.55.